The van der Waals surface area contributed by atoms with Crippen LogP contribution in [-0.2, 0) is 0 Å². The summed E-state index contributed by atoms with van der Waals surface area (Å²) in [4.78, 5) is 3.34. The normalized spacial score (nSPS) is 16.5. The molecule has 0 aliphatic rings. The van der Waals surface area contributed by atoms with Crippen molar-refractivity contribution in [3.63, 3.8) is 0 Å². The Morgan fingerprint density at radius 2 is 1.75 bits per heavy atom. The smallest absolute Gasteiger partial charge is 0.0752 e. The first kappa shape index (κ1) is 8.18. The second-order valence-electron chi connectivity index (χ2n) is 3.38. The maximum absolute atomic E-state index is 3.34. The van der Waals surface area contributed by atoms with Crippen molar-refractivity contribution in [1.29, 1.82) is 0 Å². The zero-order valence-corrected chi connectivity index (χ0v) is 8.58. The molecule has 0 aliphatic heterocycles. The van der Waals surface area contributed by atoms with Crippen molar-refractivity contribution in [2.45, 2.75) is 33.7 Å². The molecule has 2 heteroatoms. The molecule has 1 unspecified atom stereocenters. The third-order valence-electron chi connectivity index (χ3n) is 1.73. The van der Waals surface area contributed by atoms with Gasteiger partial charge in [0.15, 0.2) is 0 Å². The number of hydrogen-bond acceptors (Lipinski definition) is 1. The van der Waals surface area contributed by atoms with E-state index in [1.165, 1.54) is 0 Å². The highest BCUT2D eigenvalue weighted by molar-refractivity contribution is 6.04. The maximum atomic E-state index is 3.34. The van der Waals surface area contributed by atoms with Gasteiger partial charge in [-0.1, -0.05) is 20.8 Å². The Morgan fingerprint density at radius 3 is 1.75 bits per heavy atom. The zero-order valence-electron chi connectivity index (χ0n) is 6.58. The zero-order chi connectivity index (χ0) is 6.78. The molecule has 50 valence electrons. The molecule has 0 bridgehead atoms. The van der Waals surface area contributed by atoms with Gasteiger partial charge in [0.2, 0.25) is 0 Å². The molecule has 0 saturated carbocycles. The number of rotatable bonds is 1. The fraction of sp³-hybridized carbons (Fsp3) is 1.00. The van der Waals surface area contributed by atoms with Crippen molar-refractivity contribution < 1.29 is 0 Å². The molecule has 0 aromatic carbocycles. The van der Waals surface area contributed by atoms with Crippen molar-refractivity contribution in [3.8, 4) is 0 Å². The van der Waals surface area contributed by atoms with Crippen LogP contribution in [0.3, 0.4) is 0 Å². The van der Waals surface area contributed by atoms with Crippen LogP contribution in [0.4, 0.5) is 0 Å². The highest BCUT2D eigenvalue weighted by Crippen LogP contribution is 2.17. The summed E-state index contributed by atoms with van der Waals surface area (Å²) < 4.78 is 0. The first-order chi connectivity index (χ1) is 3.48. The summed E-state index contributed by atoms with van der Waals surface area (Å²) in [5.41, 5.74) is 0.432. The van der Waals surface area contributed by atoms with Gasteiger partial charge in [-0.25, -0.2) is 0 Å². The fourth-order valence-electron chi connectivity index (χ4n) is 0.433. The van der Waals surface area contributed by atoms with Crippen molar-refractivity contribution in [3.05, 3.63) is 0 Å². The predicted octanol–water partition coefficient (Wildman–Crippen LogP) is 0.291. The molecule has 0 radical (unpaired) electrons. The Kier molecular flexibility index (Phi) is 2.70. The van der Waals surface area contributed by atoms with E-state index in [9.17, 15) is 0 Å². The summed E-state index contributed by atoms with van der Waals surface area (Å²) in [6, 6.07) is 0.661. The first-order valence-electron chi connectivity index (χ1n) is 3.15. The second kappa shape index (κ2) is 2.64. The molecule has 1 N–H and O–H groups in total. The molecule has 0 saturated heterocycles. The van der Waals surface area contributed by atoms with E-state index >= 15 is 0 Å². The van der Waals surface area contributed by atoms with Gasteiger partial charge in [-0.3, -0.25) is 0 Å². The molecule has 0 aliphatic carbocycles. The Bertz CT molecular complexity index is 65.4. The van der Waals surface area contributed by atoms with E-state index in [1.807, 2.05) is 0 Å². The van der Waals surface area contributed by atoms with Crippen LogP contribution in [-0.4, -0.2) is 16.4 Å². The number of nitrogens with one attached hydrogen (secondary N) is 1. The van der Waals surface area contributed by atoms with Crippen LogP contribution in [0, 0.1) is 5.41 Å². The van der Waals surface area contributed by atoms with Crippen LogP contribution in [0.2, 0.25) is 0 Å². The molecule has 0 fully saturated rings. The highest BCUT2D eigenvalue weighted by atomic mass is 28.2. The number of hydrogen-bond donors (Lipinski definition) is 1. The molecular formula is C6H17NSi. The molecule has 0 amide bonds. The highest BCUT2D eigenvalue weighted by Gasteiger charge is 2.16. The van der Waals surface area contributed by atoms with E-state index < -0.39 is 0 Å². The van der Waals surface area contributed by atoms with Gasteiger partial charge < -0.3 is 4.98 Å². The van der Waals surface area contributed by atoms with Crippen LogP contribution in [0.15, 0.2) is 0 Å². The van der Waals surface area contributed by atoms with Crippen molar-refractivity contribution in [2.75, 3.05) is 0 Å². The summed E-state index contributed by atoms with van der Waals surface area (Å²) >= 11 is 0. The lowest BCUT2D eigenvalue weighted by atomic mass is 9.89. The van der Waals surface area contributed by atoms with Gasteiger partial charge in [-0.2, -0.15) is 0 Å². The maximum Gasteiger partial charge on any atom is 0.0752 e. The van der Waals surface area contributed by atoms with Crippen LogP contribution >= 0.6 is 0 Å². The largest absolute Gasteiger partial charge is 0.342 e. The summed E-state index contributed by atoms with van der Waals surface area (Å²) in [5.74, 6) is 0. The van der Waals surface area contributed by atoms with E-state index in [0.717, 1.165) is 10.4 Å². The topological polar surface area (TPSA) is 12.0 Å². The standard InChI is InChI=1S/C6H17NSi/c1-5(7-8)6(2,3)4/h5,7H,1-4,8H3. The molecule has 8 heavy (non-hydrogen) atoms. The molecule has 0 aromatic heterocycles. The monoisotopic (exact) mass is 131 g/mol. The third-order valence-corrected chi connectivity index (χ3v) is 2.60. The van der Waals surface area contributed by atoms with Gasteiger partial charge in [0.1, 0.15) is 0 Å². The summed E-state index contributed by atoms with van der Waals surface area (Å²) in [6.07, 6.45) is 0. The lowest BCUT2D eigenvalue weighted by molar-refractivity contribution is 0.321. The lowest BCUT2D eigenvalue weighted by Crippen LogP contribution is -2.35. The average molecular weight is 131 g/mol. The molecule has 0 rings (SSSR count). The summed E-state index contributed by atoms with van der Waals surface area (Å²) in [6.45, 7) is 8.99. The second-order valence-corrected chi connectivity index (χ2v) is 3.95. The van der Waals surface area contributed by atoms with Crippen molar-refractivity contribution >= 4 is 10.4 Å². The quantitative estimate of drug-likeness (QED) is 0.504. The van der Waals surface area contributed by atoms with Gasteiger partial charge >= 0.3 is 0 Å². The van der Waals surface area contributed by atoms with Crippen LogP contribution in [0.1, 0.15) is 27.7 Å². The minimum Gasteiger partial charge on any atom is -0.342 e. The van der Waals surface area contributed by atoms with Crippen LogP contribution < -0.4 is 4.98 Å². The van der Waals surface area contributed by atoms with Crippen molar-refractivity contribution in [1.82, 2.24) is 4.98 Å². The predicted molar refractivity (Wildman–Crippen MR) is 42.0 cm³/mol. The summed E-state index contributed by atoms with van der Waals surface area (Å²) in [5, 5.41) is 0. The van der Waals surface area contributed by atoms with Gasteiger partial charge in [-0.05, 0) is 12.3 Å². The molecule has 1 atom stereocenters. The van der Waals surface area contributed by atoms with Gasteiger partial charge in [0.25, 0.3) is 0 Å². The van der Waals surface area contributed by atoms with Crippen LogP contribution in [0.25, 0.3) is 0 Å². The fourth-order valence-corrected chi connectivity index (χ4v) is 1.30. The Balaban J connectivity index is 3.62. The Hall–Kier alpha value is 0.177. The molecule has 0 spiro atoms. The molecule has 0 aromatic rings. The Labute approximate surface area is 55.4 Å². The Morgan fingerprint density at radius 1 is 1.38 bits per heavy atom. The van der Waals surface area contributed by atoms with Crippen molar-refractivity contribution in [2.24, 2.45) is 5.41 Å². The van der Waals surface area contributed by atoms with Gasteiger partial charge in [-0.15, -0.1) is 0 Å². The van der Waals surface area contributed by atoms with Gasteiger partial charge in [0, 0.05) is 6.04 Å². The molecular weight excluding hydrogens is 114 g/mol. The van der Waals surface area contributed by atoms with E-state index in [0.29, 0.717) is 11.5 Å². The van der Waals surface area contributed by atoms with Gasteiger partial charge in [0.05, 0.1) is 10.4 Å². The first-order valence-corrected chi connectivity index (χ1v) is 4.15. The van der Waals surface area contributed by atoms with E-state index in [1.54, 1.807) is 0 Å². The SMILES string of the molecule is CC(N[SiH3])C(C)(C)C. The van der Waals surface area contributed by atoms with E-state index in [4.69, 9.17) is 0 Å². The summed E-state index contributed by atoms with van der Waals surface area (Å²) in [7, 11) is 1.10. The minimum absolute atomic E-state index is 0.432. The lowest BCUT2D eigenvalue weighted by Gasteiger charge is -2.26. The van der Waals surface area contributed by atoms with Crippen LogP contribution in [0.5, 0.6) is 0 Å². The van der Waals surface area contributed by atoms with E-state index in [2.05, 4.69) is 32.7 Å². The minimum atomic E-state index is 0.432. The van der Waals surface area contributed by atoms with E-state index in [-0.39, 0.29) is 0 Å². The molecule has 0 heterocycles. The average Bonchev–Trinajstić information content (AvgIpc) is 1.62. The molecule has 1 nitrogen and oxygen atoms in total. The third kappa shape index (κ3) is 2.48.